The van der Waals surface area contributed by atoms with E-state index in [1.807, 2.05) is 29.2 Å². The molecule has 2 aliphatic rings. The Balaban J connectivity index is 1.39. The number of methoxy groups -OCH3 is 1. The highest BCUT2D eigenvalue weighted by atomic mass is 16.5. The van der Waals surface area contributed by atoms with Crippen LogP contribution < -0.4 is 10.1 Å². The maximum atomic E-state index is 12.6. The molecule has 0 bridgehead atoms. The molecule has 0 spiro atoms. The molecule has 2 fully saturated rings. The van der Waals surface area contributed by atoms with Gasteiger partial charge in [0.15, 0.2) is 0 Å². The molecule has 1 aromatic carbocycles. The molecule has 1 atom stereocenters. The lowest BCUT2D eigenvalue weighted by atomic mass is 9.89. The van der Waals surface area contributed by atoms with Crippen molar-refractivity contribution in [2.24, 2.45) is 0 Å². The minimum atomic E-state index is -0.154. The number of amides is 2. The van der Waals surface area contributed by atoms with Gasteiger partial charge < -0.3 is 9.64 Å². The van der Waals surface area contributed by atoms with Gasteiger partial charge >= 0.3 is 6.03 Å². The zero-order valence-corrected chi connectivity index (χ0v) is 15.1. The maximum absolute atomic E-state index is 12.6. The summed E-state index contributed by atoms with van der Waals surface area (Å²) in [5.41, 5.74) is 1.09. The number of likely N-dealkylation sites (tertiary alicyclic amines) is 1. The Hall–Kier alpha value is -2.57. The average molecular weight is 355 g/mol. The molecule has 2 aromatic rings. The van der Waals surface area contributed by atoms with Gasteiger partial charge in [0.1, 0.15) is 11.6 Å². The molecule has 2 amide bonds. The molecular formula is C19H25N5O2. The predicted molar refractivity (Wildman–Crippen MR) is 98.3 cm³/mol. The standard InChI is InChI=1S/C19H25N5O2/c1-26-15-9-5-8-14(12-15)16-10-11-24(16)19(25)21-18-20-17(22-23-18)13-6-3-2-4-7-13/h5,8-9,12-13,16H,2-4,6-7,10-11H2,1H3,(H2,20,21,22,23,25)/t16-/m1/s1. The molecule has 2 heterocycles. The fraction of sp³-hybridized carbons (Fsp3) is 0.526. The Morgan fingerprint density at radius 3 is 2.85 bits per heavy atom. The lowest BCUT2D eigenvalue weighted by molar-refractivity contribution is 0.126. The average Bonchev–Trinajstić information content (AvgIpc) is 3.10. The van der Waals surface area contributed by atoms with Crippen LogP contribution in [0.2, 0.25) is 0 Å². The van der Waals surface area contributed by atoms with E-state index >= 15 is 0 Å². The van der Waals surface area contributed by atoms with Crippen molar-refractivity contribution in [1.82, 2.24) is 20.1 Å². The first-order valence-corrected chi connectivity index (χ1v) is 9.38. The van der Waals surface area contributed by atoms with Crippen LogP contribution in [0.4, 0.5) is 10.7 Å². The van der Waals surface area contributed by atoms with Crippen LogP contribution in [0.15, 0.2) is 24.3 Å². The van der Waals surface area contributed by atoms with Crippen molar-refractivity contribution in [2.45, 2.75) is 50.5 Å². The van der Waals surface area contributed by atoms with Crippen LogP contribution in [0.25, 0.3) is 0 Å². The molecular weight excluding hydrogens is 330 g/mol. The van der Waals surface area contributed by atoms with Crippen molar-refractivity contribution in [1.29, 1.82) is 0 Å². The van der Waals surface area contributed by atoms with Crippen LogP contribution in [0.1, 0.15) is 61.9 Å². The fourth-order valence-corrected chi connectivity index (χ4v) is 3.88. The van der Waals surface area contributed by atoms with Gasteiger partial charge in [0.2, 0.25) is 5.95 Å². The number of nitrogens with zero attached hydrogens (tertiary/aromatic N) is 3. The number of nitrogens with one attached hydrogen (secondary N) is 2. The molecule has 138 valence electrons. The quantitative estimate of drug-likeness (QED) is 0.873. The third-order valence-electron chi connectivity index (χ3n) is 5.47. The lowest BCUT2D eigenvalue weighted by Gasteiger charge is -2.40. The van der Waals surface area contributed by atoms with E-state index in [9.17, 15) is 4.79 Å². The number of anilines is 1. The molecule has 1 aliphatic heterocycles. The van der Waals surface area contributed by atoms with Gasteiger partial charge in [-0.3, -0.25) is 10.4 Å². The highest BCUT2D eigenvalue weighted by molar-refractivity contribution is 5.88. The highest BCUT2D eigenvalue weighted by Gasteiger charge is 2.34. The molecule has 26 heavy (non-hydrogen) atoms. The van der Waals surface area contributed by atoms with Crippen molar-refractivity contribution < 1.29 is 9.53 Å². The Morgan fingerprint density at radius 2 is 2.12 bits per heavy atom. The summed E-state index contributed by atoms with van der Waals surface area (Å²) in [5.74, 6) is 2.51. The van der Waals surface area contributed by atoms with E-state index in [0.29, 0.717) is 11.9 Å². The zero-order valence-electron chi connectivity index (χ0n) is 15.1. The van der Waals surface area contributed by atoms with Gasteiger partial charge in [-0.1, -0.05) is 31.4 Å². The van der Waals surface area contributed by atoms with Gasteiger partial charge in [-0.25, -0.2) is 4.79 Å². The molecule has 0 radical (unpaired) electrons. The Labute approximate surface area is 153 Å². The van der Waals surface area contributed by atoms with Crippen LogP contribution in [0, 0.1) is 0 Å². The molecule has 1 saturated carbocycles. The number of H-pyrrole nitrogens is 1. The summed E-state index contributed by atoms with van der Waals surface area (Å²) < 4.78 is 5.28. The van der Waals surface area contributed by atoms with Crippen molar-refractivity contribution in [3.05, 3.63) is 35.7 Å². The number of benzene rings is 1. The Bertz CT molecular complexity index is 769. The smallest absolute Gasteiger partial charge is 0.324 e. The van der Waals surface area contributed by atoms with E-state index in [-0.39, 0.29) is 12.1 Å². The van der Waals surface area contributed by atoms with E-state index in [2.05, 4.69) is 20.5 Å². The van der Waals surface area contributed by atoms with Crippen molar-refractivity contribution in [3.8, 4) is 5.75 Å². The summed E-state index contributed by atoms with van der Waals surface area (Å²) in [6.45, 7) is 0.730. The molecule has 0 unspecified atom stereocenters. The van der Waals surface area contributed by atoms with Crippen LogP contribution in [-0.2, 0) is 0 Å². The third-order valence-corrected chi connectivity index (χ3v) is 5.47. The number of urea groups is 1. The van der Waals surface area contributed by atoms with E-state index < -0.39 is 0 Å². The number of ether oxygens (including phenoxy) is 1. The number of hydrogen-bond acceptors (Lipinski definition) is 4. The second-order valence-corrected chi connectivity index (χ2v) is 7.08. The minimum Gasteiger partial charge on any atom is -0.497 e. The lowest BCUT2D eigenvalue weighted by Crippen LogP contribution is -2.47. The van der Waals surface area contributed by atoms with Gasteiger partial charge in [-0.15, -0.1) is 5.10 Å². The van der Waals surface area contributed by atoms with Gasteiger partial charge in [0.05, 0.1) is 13.2 Å². The number of aromatic nitrogens is 3. The molecule has 1 aromatic heterocycles. The number of carbonyl (C=O) groups excluding carboxylic acids is 1. The first-order valence-electron chi connectivity index (χ1n) is 9.38. The second-order valence-electron chi connectivity index (χ2n) is 7.08. The molecule has 4 rings (SSSR count). The normalized spacial score (nSPS) is 20.5. The highest BCUT2D eigenvalue weighted by Crippen LogP contribution is 2.35. The summed E-state index contributed by atoms with van der Waals surface area (Å²) >= 11 is 0. The molecule has 1 saturated heterocycles. The van der Waals surface area contributed by atoms with E-state index in [1.165, 1.54) is 19.3 Å². The minimum absolute atomic E-state index is 0.0712. The van der Waals surface area contributed by atoms with Gasteiger partial charge in [-0.2, -0.15) is 4.98 Å². The van der Waals surface area contributed by atoms with Crippen LogP contribution >= 0.6 is 0 Å². The third kappa shape index (κ3) is 3.38. The van der Waals surface area contributed by atoms with E-state index in [4.69, 9.17) is 4.74 Å². The summed E-state index contributed by atoms with van der Waals surface area (Å²) in [5, 5.41) is 10.0. The SMILES string of the molecule is COc1cccc([C@H]2CCN2C(=O)Nc2n[nH]c(C3CCCCC3)n2)c1. The summed E-state index contributed by atoms with van der Waals surface area (Å²) in [4.78, 5) is 18.9. The summed E-state index contributed by atoms with van der Waals surface area (Å²) in [7, 11) is 1.65. The number of rotatable bonds is 4. The second kappa shape index (κ2) is 7.35. The number of hydrogen-bond donors (Lipinski definition) is 2. The maximum Gasteiger partial charge on any atom is 0.324 e. The topological polar surface area (TPSA) is 83.1 Å². The van der Waals surface area contributed by atoms with Crippen molar-refractivity contribution >= 4 is 12.0 Å². The van der Waals surface area contributed by atoms with Crippen molar-refractivity contribution in [2.75, 3.05) is 19.0 Å². The monoisotopic (exact) mass is 355 g/mol. The largest absolute Gasteiger partial charge is 0.497 e. The zero-order chi connectivity index (χ0) is 17.9. The van der Waals surface area contributed by atoms with Crippen LogP contribution in [-0.4, -0.2) is 39.8 Å². The van der Waals surface area contributed by atoms with Crippen LogP contribution in [0.5, 0.6) is 5.75 Å². The number of aromatic amines is 1. The van der Waals surface area contributed by atoms with E-state index in [0.717, 1.165) is 42.9 Å². The first kappa shape index (κ1) is 16.9. The summed E-state index contributed by atoms with van der Waals surface area (Å²) in [6.07, 6.45) is 7.02. The number of carbonyl (C=O) groups is 1. The predicted octanol–water partition coefficient (Wildman–Crippen LogP) is 3.84. The first-order chi connectivity index (χ1) is 12.7. The van der Waals surface area contributed by atoms with Crippen molar-refractivity contribution in [3.63, 3.8) is 0 Å². The van der Waals surface area contributed by atoms with Gasteiger partial charge in [0.25, 0.3) is 0 Å². The van der Waals surface area contributed by atoms with Gasteiger partial charge in [-0.05, 0) is 37.0 Å². The molecule has 2 N–H and O–H groups in total. The molecule has 1 aliphatic carbocycles. The molecule has 7 nitrogen and oxygen atoms in total. The summed E-state index contributed by atoms with van der Waals surface area (Å²) in [6, 6.07) is 7.79. The van der Waals surface area contributed by atoms with Gasteiger partial charge in [0, 0.05) is 12.5 Å². The fourth-order valence-electron chi connectivity index (χ4n) is 3.88. The Kier molecular flexibility index (Phi) is 4.77. The van der Waals surface area contributed by atoms with Crippen LogP contribution in [0.3, 0.4) is 0 Å². The van der Waals surface area contributed by atoms with E-state index in [1.54, 1.807) is 7.11 Å². The molecule has 7 heteroatoms. The Morgan fingerprint density at radius 1 is 1.27 bits per heavy atom.